The van der Waals surface area contributed by atoms with Crippen molar-refractivity contribution in [2.75, 3.05) is 6.54 Å². The zero-order valence-corrected chi connectivity index (χ0v) is 9.81. The molecule has 0 aromatic heterocycles. The summed E-state index contributed by atoms with van der Waals surface area (Å²) in [5, 5.41) is 6.49. The van der Waals surface area contributed by atoms with Gasteiger partial charge >= 0.3 is 0 Å². The van der Waals surface area contributed by atoms with Gasteiger partial charge in [-0.15, -0.1) is 0 Å². The van der Waals surface area contributed by atoms with Gasteiger partial charge in [0.25, 0.3) is 0 Å². The Kier molecular flexibility index (Phi) is 3.01. The highest BCUT2D eigenvalue weighted by Crippen LogP contribution is 2.30. The van der Waals surface area contributed by atoms with Crippen LogP contribution < -0.4 is 10.6 Å². The van der Waals surface area contributed by atoms with E-state index in [0.717, 1.165) is 13.0 Å². The van der Waals surface area contributed by atoms with Gasteiger partial charge in [-0.3, -0.25) is 4.79 Å². The van der Waals surface area contributed by atoms with Crippen molar-refractivity contribution in [3.05, 3.63) is 0 Å². The minimum absolute atomic E-state index is 0.00634. The second kappa shape index (κ2) is 4.12. The molecular weight excluding hydrogens is 188 g/mol. The van der Waals surface area contributed by atoms with Gasteiger partial charge < -0.3 is 10.6 Å². The maximum Gasteiger partial charge on any atom is 0.237 e. The average molecular weight is 210 g/mol. The quantitative estimate of drug-likeness (QED) is 0.724. The van der Waals surface area contributed by atoms with Crippen LogP contribution in [0.1, 0.15) is 46.0 Å². The van der Waals surface area contributed by atoms with Crippen LogP contribution in [0.5, 0.6) is 0 Å². The molecule has 3 nitrogen and oxygen atoms in total. The summed E-state index contributed by atoms with van der Waals surface area (Å²) >= 11 is 0. The van der Waals surface area contributed by atoms with E-state index in [0.29, 0.717) is 6.04 Å². The first-order valence-corrected chi connectivity index (χ1v) is 6.13. The van der Waals surface area contributed by atoms with E-state index in [2.05, 4.69) is 24.5 Å². The predicted molar refractivity (Wildman–Crippen MR) is 60.6 cm³/mol. The number of amides is 1. The van der Waals surface area contributed by atoms with Gasteiger partial charge in [-0.1, -0.05) is 13.8 Å². The zero-order chi connectivity index (χ0) is 10.9. The minimum Gasteiger partial charge on any atom is -0.352 e. The highest BCUT2D eigenvalue weighted by molar-refractivity contribution is 5.83. The number of hydrogen-bond acceptors (Lipinski definition) is 2. The van der Waals surface area contributed by atoms with Gasteiger partial charge in [0.1, 0.15) is 0 Å². The molecule has 1 atom stereocenters. The number of rotatable bonds is 2. The van der Waals surface area contributed by atoms with Crippen LogP contribution in [0.3, 0.4) is 0 Å². The summed E-state index contributed by atoms with van der Waals surface area (Å²) in [6.07, 6.45) is 5.92. The second-order valence-corrected chi connectivity index (χ2v) is 5.62. The molecule has 1 saturated heterocycles. The fraction of sp³-hybridized carbons (Fsp3) is 0.917. The fourth-order valence-corrected chi connectivity index (χ4v) is 2.50. The van der Waals surface area contributed by atoms with Crippen molar-refractivity contribution in [3.8, 4) is 0 Å². The summed E-state index contributed by atoms with van der Waals surface area (Å²) < 4.78 is 0. The third-order valence-electron chi connectivity index (χ3n) is 3.84. The fourth-order valence-electron chi connectivity index (χ4n) is 2.50. The van der Waals surface area contributed by atoms with Crippen LogP contribution in [0.15, 0.2) is 0 Å². The van der Waals surface area contributed by atoms with Gasteiger partial charge in [0.05, 0.1) is 6.04 Å². The molecule has 86 valence electrons. The molecule has 0 radical (unpaired) electrons. The lowest BCUT2D eigenvalue weighted by atomic mass is 9.77. The smallest absolute Gasteiger partial charge is 0.237 e. The zero-order valence-electron chi connectivity index (χ0n) is 9.81. The second-order valence-electron chi connectivity index (χ2n) is 5.62. The van der Waals surface area contributed by atoms with Crippen molar-refractivity contribution in [2.45, 2.75) is 58.0 Å². The number of carbonyl (C=O) groups is 1. The van der Waals surface area contributed by atoms with Crippen molar-refractivity contribution in [2.24, 2.45) is 5.41 Å². The third-order valence-corrected chi connectivity index (χ3v) is 3.84. The van der Waals surface area contributed by atoms with E-state index in [1.807, 2.05) is 0 Å². The van der Waals surface area contributed by atoms with E-state index >= 15 is 0 Å². The average Bonchev–Trinajstić information content (AvgIpc) is 2.10. The van der Waals surface area contributed by atoms with Crippen LogP contribution in [0.4, 0.5) is 0 Å². The minimum atomic E-state index is 0.00634. The topological polar surface area (TPSA) is 41.1 Å². The Morgan fingerprint density at radius 3 is 2.60 bits per heavy atom. The molecule has 0 spiro atoms. The summed E-state index contributed by atoms with van der Waals surface area (Å²) in [6, 6.07) is 0.462. The monoisotopic (exact) mass is 210 g/mol. The Morgan fingerprint density at radius 1 is 1.33 bits per heavy atom. The van der Waals surface area contributed by atoms with Gasteiger partial charge in [0.2, 0.25) is 5.91 Å². The first-order chi connectivity index (χ1) is 7.09. The van der Waals surface area contributed by atoms with Crippen molar-refractivity contribution in [1.29, 1.82) is 0 Å². The largest absolute Gasteiger partial charge is 0.352 e. The molecule has 0 aromatic carbocycles. The van der Waals surface area contributed by atoms with Crippen molar-refractivity contribution < 1.29 is 4.79 Å². The Bertz CT molecular complexity index is 246. The summed E-state index contributed by atoms with van der Waals surface area (Å²) in [6.45, 7) is 5.35. The van der Waals surface area contributed by atoms with Gasteiger partial charge in [-0.25, -0.2) is 0 Å². The molecule has 3 heteroatoms. The maximum absolute atomic E-state index is 12.0. The van der Waals surface area contributed by atoms with Gasteiger partial charge in [0, 0.05) is 6.04 Å². The van der Waals surface area contributed by atoms with Crippen molar-refractivity contribution in [1.82, 2.24) is 10.6 Å². The van der Waals surface area contributed by atoms with Crippen LogP contribution in [0.25, 0.3) is 0 Å². The van der Waals surface area contributed by atoms with E-state index in [4.69, 9.17) is 0 Å². The normalized spacial score (nSPS) is 30.7. The van der Waals surface area contributed by atoms with Crippen molar-refractivity contribution >= 4 is 5.91 Å². The Balaban J connectivity index is 1.91. The summed E-state index contributed by atoms with van der Waals surface area (Å²) in [5.41, 5.74) is 0.103. The van der Waals surface area contributed by atoms with E-state index in [-0.39, 0.29) is 17.4 Å². The van der Waals surface area contributed by atoms with Gasteiger partial charge in [0.15, 0.2) is 0 Å². The van der Waals surface area contributed by atoms with E-state index in [1.54, 1.807) is 0 Å². The summed E-state index contributed by atoms with van der Waals surface area (Å²) in [5.74, 6) is 0.212. The van der Waals surface area contributed by atoms with E-state index in [9.17, 15) is 4.79 Å². The number of hydrogen-bond donors (Lipinski definition) is 2. The van der Waals surface area contributed by atoms with Crippen molar-refractivity contribution in [3.63, 3.8) is 0 Å². The number of piperidine rings is 1. The van der Waals surface area contributed by atoms with Gasteiger partial charge in [-0.05, 0) is 44.1 Å². The maximum atomic E-state index is 12.0. The molecule has 2 N–H and O–H groups in total. The first kappa shape index (κ1) is 10.9. The molecule has 0 bridgehead atoms. The third kappa shape index (κ3) is 2.33. The molecule has 1 aliphatic heterocycles. The molecule has 1 heterocycles. The molecule has 2 aliphatic rings. The highest BCUT2D eigenvalue weighted by atomic mass is 16.2. The van der Waals surface area contributed by atoms with Crippen LogP contribution >= 0.6 is 0 Å². The number of carbonyl (C=O) groups excluding carboxylic acids is 1. The van der Waals surface area contributed by atoms with E-state index in [1.165, 1.54) is 25.7 Å². The summed E-state index contributed by atoms with van der Waals surface area (Å²) in [7, 11) is 0. The molecule has 1 saturated carbocycles. The molecule has 1 unspecified atom stereocenters. The Hall–Kier alpha value is -0.570. The Labute approximate surface area is 92.0 Å². The predicted octanol–water partition coefficient (Wildman–Crippen LogP) is 1.43. The molecule has 1 aliphatic carbocycles. The van der Waals surface area contributed by atoms with E-state index < -0.39 is 0 Å². The molecular formula is C12H22N2O. The molecule has 2 fully saturated rings. The molecule has 15 heavy (non-hydrogen) atoms. The van der Waals surface area contributed by atoms with Crippen LogP contribution in [-0.2, 0) is 4.79 Å². The SMILES string of the molecule is CC1(C)CCCNC1C(=O)NC1CCC1. The molecule has 0 aromatic rings. The molecule has 1 amide bonds. The lowest BCUT2D eigenvalue weighted by molar-refractivity contribution is -0.128. The van der Waals surface area contributed by atoms with Crippen LogP contribution in [0.2, 0.25) is 0 Å². The first-order valence-electron chi connectivity index (χ1n) is 6.13. The number of nitrogens with one attached hydrogen (secondary N) is 2. The lowest BCUT2D eigenvalue weighted by Crippen LogP contribution is -2.57. The standard InChI is InChI=1S/C12H22N2O/c1-12(2)7-4-8-13-10(12)11(15)14-9-5-3-6-9/h9-10,13H,3-8H2,1-2H3,(H,14,15). The highest BCUT2D eigenvalue weighted by Gasteiger charge is 2.38. The van der Waals surface area contributed by atoms with Gasteiger partial charge in [-0.2, -0.15) is 0 Å². The lowest BCUT2D eigenvalue weighted by Gasteiger charge is -2.39. The molecule has 2 rings (SSSR count). The van der Waals surface area contributed by atoms with Crippen LogP contribution in [-0.4, -0.2) is 24.5 Å². The van der Waals surface area contributed by atoms with Crippen LogP contribution in [0, 0.1) is 5.41 Å². The Morgan fingerprint density at radius 2 is 2.07 bits per heavy atom. The summed E-state index contributed by atoms with van der Waals surface area (Å²) in [4.78, 5) is 12.0.